The van der Waals surface area contributed by atoms with E-state index in [4.69, 9.17) is 9.47 Å². The van der Waals surface area contributed by atoms with Crippen LogP contribution in [0, 0.1) is 0 Å². The second-order valence-corrected chi connectivity index (χ2v) is 4.20. The minimum absolute atomic E-state index is 0.393. The normalized spacial score (nSPS) is 39.9. The highest BCUT2D eigenvalue weighted by Crippen LogP contribution is 2.27. The minimum Gasteiger partial charge on any atom is -0.387 e. The molecular formula is C10H18O3. The molecule has 0 aromatic rings. The zero-order valence-electron chi connectivity index (χ0n) is 8.00. The van der Waals surface area contributed by atoms with Crippen molar-refractivity contribution in [1.29, 1.82) is 0 Å². The molecule has 2 aliphatic heterocycles. The fraction of sp³-hybridized carbons (Fsp3) is 1.00. The van der Waals surface area contributed by atoms with Gasteiger partial charge in [0.15, 0.2) is 0 Å². The van der Waals surface area contributed by atoms with Crippen molar-refractivity contribution in [2.45, 2.75) is 43.8 Å². The molecule has 2 rings (SSSR count). The van der Waals surface area contributed by atoms with Gasteiger partial charge < -0.3 is 14.6 Å². The molecule has 2 unspecified atom stereocenters. The van der Waals surface area contributed by atoms with Gasteiger partial charge in [-0.2, -0.15) is 0 Å². The van der Waals surface area contributed by atoms with Gasteiger partial charge in [-0.15, -0.1) is 0 Å². The summed E-state index contributed by atoms with van der Waals surface area (Å²) in [6, 6.07) is 0. The SMILES string of the molecule is OC1(CCC2CCCO2)CCOC1. The van der Waals surface area contributed by atoms with E-state index in [1.807, 2.05) is 0 Å². The Morgan fingerprint density at radius 3 is 2.92 bits per heavy atom. The van der Waals surface area contributed by atoms with Gasteiger partial charge in [-0.3, -0.25) is 0 Å². The van der Waals surface area contributed by atoms with E-state index in [1.54, 1.807) is 0 Å². The summed E-state index contributed by atoms with van der Waals surface area (Å²) in [5.41, 5.74) is -0.550. The number of ether oxygens (including phenoxy) is 2. The second kappa shape index (κ2) is 3.95. The first-order chi connectivity index (χ1) is 6.29. The molecule has 2 heterocycles. The zero-order chi connectivity index (χ0) is 9.15. The Kier molecular flexibility index (Phi) is 2.86. The maximum atomic E-state index is 9.97. The van der Waals surface area contributed by atoms with Crippen molar-refractivity contribution in [3.8, 4) is 0 Å². The van der Waals surface area contributed by atoms with Gasteiger partial charge in [0.2, 0.25) is 0 Å². The highest BCUT2D eigenvalue weighted by atomic mass is 16.5. The monoisotopic (exact) mass is 186 g/mol. The summed E-state index contributed by atoms with van der Waals surface area (Å²) in [7, 11) is 0. The molecule has 0 bridgehead atoms. The third-order valence-electron chi connectivity index (χ3n) is 3.04. The van der Waals surface area contributed by atoms with E-state index in [-0.39, 0.29) is 0 Å². The van der Waals surface area contributed by atoms with Crippen LogP contribution in [-0.4, -0.2) is 36.6 Å². The van der Waals surface area contributed by atoms with Crippen LogP contribution in [0.2, 0.25) is 0 Å². The topological polar surface area (TPSA) is 38.7 Å². The van der Waals surface area contributed by atoms with Crippen molar-refractivity contribution in [3.63, 3.8) is 0 Å². The Morgan fingerprint density at radius 2 is 2.31 bits per heavy atom. The molecule has 0 saturated carbocycles. The summed E-state index contributed by atoms with van der Waals surface area (Å²) < 4.78 is 10.7. The Labute approximate surface area is 79.0 Å². The molecule has 3 heteroatoms. The van der Waals surface area contributed by atoms with Crippen LogP contribution in [0.5, 0.6) is 0 Å². The predicted molar refractivity (Wildman–Crippen MR) is 48.6 cm³/mol. The first-order valence-electron chi connectivity index (χ1n) is 5.20. The van der Waals surface area contributed by atoms with Crippen LogP contribution in [0.25, 0.3) is 0 Å². The van der Waals surface area contributed by atoms with E-state index in [0.717, 1.165) is 32.3 Å². The van der Waals surface area contributed by atoms with Crippen molar-refractivity contribution in [1.82, 2.24) is 0 Å². The van der Waals surface area contributed by atoms with Gasteiger partial charge in [0.05, 0.1) is 18.3 Å². The Hall–Kier alpha value is -0.120. The van der Waals surface area contributed by atoms with Crippen LogP contribution >= 0.6 is 0 Å². The molecule has 0 aromatic carbocycles. The molecule has 0 aliphatic carbocycles. The van der Waals surface area contributed by atoms with Crippen molar-refractivity contribution in [3.05, 3.63) is 0 Å². The van der Waals surface area contributed by atoms with Gasteiger partial charge in [-0.25, -0.2) is 0 Å². The molecule has 2 saturated heterocycles. The van der Waals surface area contributed by atoms with Crippen molar-refractivity contribution in [2.24, 2.45) is 0 Å². The molecule has 0 radical (unpaired) electrons. The number of hydrogen-bond donors (Lipinski definition) is 1. The lowest BCUT2D eigenvalue weighted by Crippen LogP contribution is -2.30. The van der Waals surface area contributed by atoms with Crippen LogP contribution in [0.4, 0.5) is 0 Å². The molecule has 2 fully saturated rings. The first-order valence-corrected chi connectivity index (χ1v) is 5.20. The first kappa shape index (κ1) is 9.44. The summed E-state index contributed by atoms with van der Waals surface area (Å²) in [6.07, 6.45) is 5.35. The molecule has 13 heavy (non-hydrogen) atoms. The van der Waals surface area contributed by atoms with E-state index in [2.05, 4.69) is 0 Å². The van der Waals surface area contributed by atoms with Crippen LogP contribution in [0.3, 0.4) is 0 Å². The van der Waals surface area contributed by atoms with Crippen LogP contribution in [0.15, 0.2) is 0 Å². The number of hydrogen-bond acceptors (Lipinski definition) is 3. The van der Waals surface area contributed by atoms with Crippen molar-refractivity contribution < 1.29 is 14.6 Å². The van der Waals surface area contributed by atoms with Crippen LogP contribution in [0.1, 0.15) is 32.1 Å². The van der Waals surface area contributed by atoms with Gasteiger partial charge in [-0.1, -0.05) is 0 Å². The van der Waals surface area contributed by atoms with Crippen LogP contribution < -0.4 is 0 Å². The van der Waals surface area contributed by atoms with Crippen molar-refractivity contribution in [2.75, 3.05) is 19.8 Å². The average molecular weight is 186 g/mol. The Morgan fingerprint density at radius 1 is 1.38 bits per heavy atom. The Balaban J connectivity index is 1.71. The van der Waals surface area contributed by atoms with E-state index in [9.17, 15) is 5.11 Å². The third-order valence-corrected chi connectivity index (χ3v) is 3.04. The molecule has 2 aliphatic rings. The lowest BCUT2D eigenvalue weighted by atomic mass is 9.94. The molecule has 2 atom stereocenters. The van der Waals surface area contributed by atoms with E-state index >= 15 is 0 Å². The molecule has 76 valence electrons. The predicted octanol–water partition coefficient (Wildman–Crippen LogP) is 1.10. The lowest BCUT2D eigenvalue weighted by molar-refractivity contribution is 0.00250. The third kappa shape index (κ3) is 2.42. The van der Waals surface area contributed by atoms with E-state index in [1.165, 1.54) is 6.42 Å². The van der Waals surface area contributed by atoms with Gasteiger partial charge in [0.25, 0.3) is 0 Å². The minimum atomic E-state index is -0.550. The second-order valence-electron chi connectivity index (χ2n) is 4.20. The molecule has 3 nitrogen and oxygen atoms in total. The fourth-order valence-corrected chi connectivity index (χ4v) is 2.10. The Bertz CT molecular complexity index is 158. The summed E-state index contributed by atoms with van der Waals surface area (Å²) in [5, 5.41) is 9.97. The van der Waals surface area contributed by atoms with Gasteiger partial charge in [-0.05, 0) is 25.7 Å². The standard InChI is InChI=1S/C10H18O3/c11-10(5-7-12-8-10)4-3-9-2-1-6-13-9/h9,11H,1-8H2. The van der Waals surface area contributed by atoms with Gasteiger partial charge in [0, 0.05) is 19.6 Å². The van der Waals surface area contributed by atoms with Crippen molar-refractivity contribution >= 4 is 0 Å². The average Bonchev–Trinajstić information content (AvgIpc) is 2.72. The number of rotatable bonds is 3. The zero-order valence-corrected chi connectivity index (χ0v) is 8.00. The molecule has 1 N–H and O–H groups in total. The number of aliphatic hydroxyl groups is 1. The summed E-state index contributed by atoms with van der Waals surface area (Å²) in [6.45, 7) is 2.13. The molecule has 0 spiro atoms. The van der Waals surface area contributed by atoms with Crippen LogP contribution in [-0.2, 0) is 9.47 Å². The largest absolute Gasteiger partial charge is 0.387 e. The maximum absolute atomic E-state index is 9.97. The molecular weight excluding hydrogens is 168 g/mol. The smallest absolute Gasteiger partial charge is 0.0903 e. The lowest BCUT2D eigenvalue weighted by Gasteiger charge is -2.21. The highest BCUT2D eigenvalue weighted by Gasteiger charge is 2.33. The maximum Gasteiger partial charge on any atom is 0.0903 e. The van der Waals surface area contributed by atoms with E-state index < -0.39 is 5.60 Å². The molecule has 0 amide bonds. The molecule has 0 aromatic heterocycles. The summed E-state index contributed by atoms with van der Waals surface area (Å²) in [5.74, 6) is 0. The van der Waals surface area contributed by atoms with Gasteiger partial charge in [0.1, 0.15) is 0 Å². The summed E-state index contributed by atoms with van der Waals surface area (Å²) in [4.78, 5) is 0. The quantitative estimate of drug-likeness (QED) is 0.717. The highest BCUT2D eigenvalue weighted by molar-refractivity contribution is 4.84. The van der Waals surface area contributed by atoms with Gasteiger partial charge >= 0.3 is 0 Å². The fourth-order valence-electron chi connectivity index (χ4n) is 2.10. The van der Waals surface area contributed by atoms with E-state index in [0.29, 0.717) is 19.3 Å². The summed E-state index contributed by atoms with van der Waals surface area (Å²) >= 11 is 0.